The number of Topliss-reactive ketones (excluding diaryl/α,β-unsaturated/α-hetero) is 1. The van der Waals surface area contributed by atoms with Gasteiger partial charge in [-0.25, -0.2) is 4.39 Å². The Hall–Kier alpha value is -4.20. The van der Waals surface area contributed by atoms with E-state index in [0.717, 1.165) is 6.07 Å². The molecule has 2 aromatic carbocycles. The summed E-state index contributed by atoms with van der Waals surface area (Å²) in [6.07, 6.45) is 3.20. The summed E-state index contributed by atoms with van der Waals surface area (Å²) >= 11 is 0. The van der Waals surface area contributed by atoms with Gasteiger partial charge >= 0.3 is 0 Å². The second-order valence-electron chi connectivity index (χ2n) is 7.41. The lowest BCUT2D eigenvalue weighted by Crippen LogP contribution is -2.29. The molecular formula is C25H21FN2O5. The molecule has 1 N–H and O–H groups in total. The number of hydrogen-bond acceptors (Lipinski definition) is 6. The highest BCUT2D eigenvalue weighted by atomic mass is 19.1. The Balaban J connectivity index is 1.88. The average molecular weight is 448 g/mol. The zero-order chi connectivity index (χ0) is 23.5. The van der Waals surface area contributed by atoms with Crippen LogP contribution in [0.1, 0.15) is 22.7 Å². The van der Waals surface area contributed by atoms with E-state index in [-0.39, 0.29) is 23.4 Å². The van der Waals surface area contributed by atoms with Crippen LogP contribution in [0.15, 0.2) is 72.6 Å². The molecule has 0 saturated carbocycles. The van der Waals surface area contributed by atoms with Crippen molar-refractivity contribution < 1.29 is 28.6 Å². The molecule has 1 aromatic heterocycles. The molecule has 0 bridgehead atoms. The van der Waals surface area contributed by atoms with Gasteiger partial charge in [-0.3, -0.25) is 14.6 Å². The number of likely N-dealkylation sites (tertiary alicyclic amines) is 1. The van der Waals surface area contributed by atoms with Crippen molar-refractivity contribution in [2.75, 3.05) is 14.2 Å². The highest BCUT2D eigenvalue weighted by molar-refractivity contribution is 6.46. The van der Waals surface area contributed by atoms with Gasteiger partial charge in [0.1, 0.15) is 11.5 Å². The zero-order valence-electron chi connectivity index (χ0n) is 18.0. The number of halogens is 1. The lowest BCUT2D eigenvalue weighted by Gasteiger charge is -2.25. The molecule has 8 heteroatoms. The molecule has 1 aliphatic heterocycles. The van der Waals surface area contributed by atoms with Crippen molar-refractivity contribution in [3.8, 4) is 11.5 Å². The van der Waals surface area contributed by atoms with E-state index in [1.165, 1.54) is 31.3 Å². The van der Waals surface area contributed by atoms with Crippen LogP contribution < -0.4 is 9.47 Å². The normalized spacial score (nSPS) is 17.3. The molecule has 7 nitrogen and oxygen atoms in total. The first-order valence-electron chi connectivity index (χ1n) is 10.1. The molecule has 4 rings (SSSR count). The Kier molecular flexibility index (Phi) is 6.08. The molecule has 1 aliphatic rings. The van der Waals surface area contributed by atoms with Crippen molar-refractivity contribution in [1.29, 1.82) is 0 Å². The molecule has 1 fully saturated rings. The number of ether oxygens (including phenoxy) is 2. The van der Waals surface area contributed by atoms with Crippen molar-refractivity contribution in [3.63, 3.8) is 0 Å². The van der Waals surface area contributed by atoms with E-state index in [2.05, 4.69) is 4.98 Å². The molecular weight excluding hydrogens is 427 g/mol. The minimum absolute atomic E-state index is 0.00655. The first kappa shape index (κ1) is 22.0. The fourth-order valence-electron chi connectivity index (χ4n) is 3.86. The van der Waals surface area contributed by atoms with Crippen LogP contribution in [-0.4, -0.2) is 40.9 Å². The summed E-state index contributed by atoms with van der Waals surface area (Å²) in [7, 11) is 2.83. The monoisotopic (exact) mass is 448 g/mol. The zero-order valence-corrected chi connectivity index (χ0v) is 18.0. The van der Waals surface area contributed by atoms with Gasteiger partial charge in [-0.2, -0.15) is 0 Å². The van der Waals surface area contributed by atoms with Gasteiger partial charge in [-0.05, 0) is 47.5 Å². The highest BCUT2D eigenvalue weighted by Gasteiger charge is 2.46. The van der Waals surface area contributed by atoms with Gasteiger partial charge in [-0.1, -0.05) is 18.2 Å². The van der Waals surface area contributed by atoms with Crippen molar-refractivity contribution >= 4 is 17.4 Å². The van der Waals surface area contributed by atoms with Crippen LogP contribution in [0.25, 0.3) is 5.76 Å². The predicted molar refractivity (Wildman–Crippen MR) is 118 cm³/mol. The van der Waals surface area contributed by atoms with Crippen LogP contribution in [0.3, 0.4) is 0 Å². The summed E-state index contributed by atoms with van der Waals surface area (Å²) in [5.41, 5.74) is 1.19. The second kappa shape index (κ2) is 9.12. The lowest BCUT2D eigenvalue weighted by atomic mass is 9.95. The molecule has 0 unspecified atom stereocenters. The molecule has 33 heavy (non-hydrogen) atoms. The molecule has 3 aromatic rings. The molecule has 0 radical (unpaired) electrons. The van der Waals surface area contributed by atoms with Gasteiger partial charge in [0.2, 0.25) is 0 Å². The number of aliphatic hydroxyl groups excluding tert-OH is 1. The quantitative estimate of drug-likeness (QED) is 0.350. The van der Waals surface area contributed by atoms with Crippen molar-refractivity contribution in [2.24, 2.45) is 0 Å². The molecule has 0 spiro atoms. The maximum Gasteiger partial charge on any atom is 0.295 e. The van der Waals surface area contributed by atoms with Crippen LogP contribution in [0.4, 0.5) is 4.39 Å². The first-order chi connectivity index (χ1) is 15.9. The number of aliphatic hydroxyl groups is 1. The van der Waals surface area contributed by atoms with E-state index < -0.39 is 29.3 Å². The lowest BCUT2D eigenvalue weighted by molar-refractivity contribution is -0.140. The van der Waals surface area contributed by atoms with E-state index in [1.54, 1.807) is 48.8 Å². The minimum atomic E-state index is -0.912. The maximum atomic E-state index is 14.3. The van der Waals surface area contributed by atoms with Crippen LogP contribution >= 0.6 is 0 Å². The first-order valence-corrected chi connectivity index (χ1v) is 10.1. The summed E-state index contributed by atoms with van der Waals surface area (Å²) in [5.74, 6) is -2.30. The number of amides is 1. The predicted octanol–water partition coefficient (Wildman–Crippen LogP) is 3.86. The van der Waals surface area contributed by atoms with Gasteiger partial charge in [-0.15, -0.1) is 0 Å². The smallest absolute Gasteiger partial charge is 0.295 e. The third-order valence-corrected chi connectivity index (χ3v) is 5.45. The number of aromatic nitrogens is 1. The summed E-state index contributed by atoms with van der Waals surface area (Å²) in [6, 6.07) is 13.3. The molecule has 1 atom stereocenters. The Morgan fingerprint density at radius 2 is 1.91 bits per heavy atom. The number of methoxy groups -OCH3 is 2. The molecule has 1 saturated heterocycles. The van der Waals surface area contributed by atoms with Crippen LogP contribution in [0.2, 0.25) is 0 Å². The van der Waals surface area contributed by atoms with Crippen LogP contribution in [0, 0.1) is 5.82 Å². The van der Waals surface area contributed by atoms with E-state index >= 15 is 0 Å². The standard InChI is InChI=1S/C25H21FN2O5/c1-32-18-7-3-6-16(11-18)22-21(23(29)17-8-9-20(33-2)19(26)12-17)24(30)25(31)28(22)14-15-5-4-10-27-13-15/h3-13,22,29H,14H2,1-2H3/b23-21+/t22-/m0/s1. The highest BCUT2D eigenvalue weighted by Crippen LogP contribution is 2.41. The topological polar surface area (TPSA) is 89.0 Å². The van der Waals surface area contributed by atoms with Crippen molar-refractivity contribution in [2.45, 2.75) is 12.6 Å². The largest absolute Gasteiger partial charge is 0.507 e. The maximum absolute atomic E-state index is 14.3. The number of hydrogen-bond donors (Lipinski definition) is 1. The van der Waals surface area contributed by atoms with Crippen LogP contribution in [0.5, 0.6) is 11.5 Å². The Morgan fingerprint density at radius 1 is 1.09 bits per heavy atom. The van der Waals surface area contributed by atoms with Gasteiger partial charge in [0.15, 0.2) is 11.6 Å². The Morgan fingerprint density at radius 3 is 2.58 bits per heavy atom. The van der Waals surface area contributed by atoms with Crippen molar-refractivity contribution in [3.05, 3.63) is 95.1 Å². The number of ketones is 1. The van der Waals surface area contributed by atoms with E-state index in [9.17, 15) is 19.1 Å². The van der Waals surface area contributed by atoms with Gasteiger partial charge < -0.3 is 19.5 Å². The fourth-order valence-corrected chi connectivity index (χ4v) is 3.86. The van der Waals surface area contributed by atoms with E-state index in [1.807, 2.05) is 0 Å². The average Bonchev–Trinajstić information content (AvgIpc) is 3.09. The molecule has 0 aliphatic carbocycles. The summed E-state index contributed by atoms with van der Waals surface area (Å²) in [4.78, 5) is 31.6. The van der Waals surface area contributed by atoms with E-state index in [0.29, 0.717) is 16.9 Å². The van der Waals surface area contributed by atoms with Crippen molar-refractivity contribution in [1.82, 2.24) is 9.88 Å². The van der Waals surface area contributed by atoms with Gasteiger partial charge in [0.05, 0.1) is 25.8 Å². The van der Waals surface area contributed by atoms with Crippen LogP contribution in [-0.2, 0) is 16.1 Å². The SMILES string of the molecule is COc1cccc([C@H]2/C(=C(\O)c3ccc(OC)c(F)c3)C(=O)C(=O)N2Cc2cccnc2)c1. The number of rotatable bonds is 6. The third-order valence-electron chi connectivity index (χ3n) is 5.45. The number of pyridine rings is 1. The number of carbonyl (C=O) groups is 2. The second-order valence-corrected chi connectivity index (χ2v) is 7.41. The molecule has 2 heterocycles. The fraction of sp³-hybridized carbons (Fsp3) is 0.160. The number of benzene rings is 2. The summed E-state index contributed by atoms with van der Waals surface area (Å²) in [6.45, 7) is 0.0913. The Bertz CT molecular complexity index is 1240. The third kappa shape index (κ3) is 4.15. The van der Waals surface area contributed by atoms with E-state index in [4.69, 9.17) is 9.47 Å². The molecule has 168 valence electrons. The Labute approximate surface area is 189 Å². The summed E-state index contributed by atoms with van der Waals surface area (Å²) in [5, 5.41) is 11.1. The number of carbonyl (C=O) groups excluding carboxylic acids is 2. The van der Waals surface area contributed by atoms with Gasteiger partial charge in [0.25, 0.3) is 11.7 Å². The summed E-state index contributed by atoms with van der Waals surface area (Å²) < 4.78 is 24.5. The van der Waals surface area contributed by atoms with Gasteiger partial charge in [0, 0.05) is 24.5 Å². The molecule has 1 amide bonds. The minimum Gasteiger partial charge on any atom is -0.507 e. The number of nitrogens with zero attached hydrogens (tertiary/aromatic N) is 2.